The van der Waals surface area contributed by atoms with Crippen LogP contribution in [0.3, 0.4) is 0 Å². The molecule has 1 aromatic rings. The van der Waals surface area contributed by atoms with Crippen molar-refractivity contribution in [3.05, 3.63) is 23.9 Å². The van der Waals surface area contributed by atoms with Crippen LogP contribution in [0.2, 0.25) is 0 Å². The highest BCUT2D eigenvalue weighted by Crippen LogP contribution is 2.16. The summed E-state index contributed by atoms with van der Waals surface area (Å²) in [4.78, 5) is 12.3. The molecule has 0 radical (unpaired) electrons. The Balaban J connectivity index is 1.59. The first kappa shape index (κ1) is 15.7. The summed E-state index contributed by atoms with van der Waals surface area (Å²) in [5.41, 5.74) is 1.17. The van der Waals surface area contributed by atoms with Crippen molar-refractivity contribution in [1.29, 1.82) is 0 Å². The Kier molecular flexibility index (Phi) is 5.28. The monoisotopic (exact) mass is 304 g/mol. The van der Waals surface area contributed by atoms with Crippen LogP contribution < -0.4 is 4.90 Å². The fourth-order valence-corrected chi connectivity index (χ4v) is 3.19. The molecule has 2 aliphatic rings. The number of aromatic nitrogens is 1. The number of hydrogen-bond donors (Lipinski definition) is 0. The molecular formula is C17H28N4O. The minimum atomic E-state index is 0.641. The van der Waals surface area contributed by atoms with Crippen molar-refractivity contribution in [3.63, 3.8) is 0 Å². The zero-order valence-electron chi connectivity index (χ0n) is 13.9. The third-order valence-electron chi connectivity index (χ3n) is 4.65. The molecule has 2 fully saturated rings. The van der Waals surface area contributed by atoms with Gasteiger partial charge in [-0.3, -0.25) is 9.80 Å². The number of ether oxygens (including phenoxy) is 1. The molecule has 3 heterocycles. The Morgan fingerprint density at radius 2 is 1.77 bits per heavy atom. The van der Waals surface area contributed by atoms with E-state index in [1.807, 2.05) is 0 Å². The molecule has 0 bridgehead atoms. The van der Waals surface area contributed by atoms with Gasteiger partial charge >= 0.3 is 0 Å². The topological polar surface area (TPSA) is 31.8 Å². The van der Waals surface area contributed by atoms with Gasteiger partial charge in [-0.1, -0.05) is 6.07 Å². The first-order chi connectivity index (χ1) is 10.7. The van der Waals surface area contributed by atoms with Gasteiger partial charge in [0.15, 0.2) is 0 Å². The third-order valence-corrected chi connectivity index (χ3v) is 4.65. The molecule has 2 saturated heterocycles. The van der Waals surface area contributed by atoms with Crippen molar-refractivity contribution in [2.75, 3.05) is 57.4 Å². The normalized spacial score (nSPS) is 21.5. The number of pyridine rings is 1. The highest BCUT2D eigenvalue weighted by molar-refractivity contribution is 5.39. The third kappa shape index (κ3) is 3.97. The smallest absolute Gasteiger partial charge is 0.128 e. The number of piperazine rings is 1. The van der Waals surface area contributed by atoms with Crippen LogP contribution in [0.25, 0.3) is 0 Å². The molecule has 5 heteroatoms. The van der Waals surface area contributed by atoms with Gasteiger partial charge in [-0.05, 0) is 26.0 Å². The second-order valence-corrected chi connectivity index (χ2v) is 6.49. The van der Waals surface area contributed by atoms with Crippen LogP contribution in [0.5, 0.6) is 0 Å². The van der Waals surface area contributed by atoms with Gasteiger partial charge in [0.2, 0.25) is 0 Å². The number of hydrogen-bond acceptors (Lipinski definition) is 5. The van der Waals surface area contributed by atoms with Crippen LogP contribution in [0.15, 0.2) is 18.2 Å². The van der Waals surface area contributed by atoms with E-state index in [4.69, 9.17) is 9.72 Å². The SMILES string of the molecule is CC(C)N1CCN(c2cccc(CN3CCOCC3)n2)CC1. The van der Waals surface area contributed by atoms with Gasteiger partial charge in [-0.15, -0.1) is 0 Å². The molecule has 0 amide bonds. The van der Waals surface area contributed by atoms with Gasteiger partial charge in [0, 0.05) is 51.9 Å². The van der Waals surface area contributed by atoms with Crippen molar-refractivity contribution in [2.24, 2.45) is 0 Å². The van der Waals surface area contributed by atoms with Crippen molar-refractivity contribution in [3.8, 4) is 0 Å². The maximum absolute atomic E-state index is 5.41. The van der Waals surface area contributed by atoms with E-state index < -0.39 is 0 Å². The molecule has 3 rings (SSSR count). The Hall–Kier alpha value is -1.17. The summed E-state index contributed by atoms with van der Waals surface area (Å²) in [6, 6.07) is 7.08. The molecule has 2 aliphatic heterocycles. The van der Waals surface area contributed by atoms with Crippen LogP contribution >= 0.6 is 0 Å². The minimum Gasteiger partial charge on any atom is -0.379 e. The summed E-state index contributed by atoms with van der Waals surface area (Å²) >= 11 is 0. The zero-order chi connectivity index (χ0) is 15.4. The molecule has 0 N–H and O–H groups in total. The van der Waals surface area contributed by atoms with Gasteiger partial charge in [0.05, 0.1) is 18.9 Å². The molecule has 0 atom stereocenters. The zero-order valence-corrected chi connectivity index (χ0v) is 13.9. The molecule has 22 heavy (non-hydrogen) atoms. The summed E-state index contributed by atoms with van der Waals surface area (Å²) in [5.74, 6) is 1.13. The Bertz CT molecular complexity index is 465. The Labute approximate surface area is 133 Å². The van der Waals surface area contributed by atoms with Gasteiger partial charge in [0.25, 0.3) is 0 Å². The maximum atomic E-state index is 5.41. The molecule has 1 aromatic heterocycles. The molecule has 0 spiro atoms. The lowest BCUT2D eigenvalue weighted by Gasteiger charge is -2.37. The largest absolute Gasteiger partial charge is 0.379 e. The average molecular weight is 304 g/mol. The van der Waals surface area contributed by atoms with Crippen LogP contribution in [0, 0.1) is 0 Å². The standard InChI is InChI=1S/C17H28N4O/c1-15(2)20-6-8-21(9-7-20)17-5-3-4-16(18-17)14-19-10-12-22-13-11-19/h3-5,15H,6-14H2,1-2H3. The Morgan fingerprint density at radius 3 is 2.45 bits per heavy atom. The highest BCUT2D eigenvalue weighted by atomic mass is 16.5. The first-order valence-corrected chi connectivity index (χ1v) is 8.47. The lowest BCUT2D eigenvalue weighted by Crippen LogP contribution is -2.49. The van der Waals surface area contributed by atoms with Crippen LogP contribution in [-0.4, -0.2) is 73.3 Å². The molecule has 0 saturated carbocycles. The fraction of sp³-hybridized carbons (Fsp3) is 0.706. The number of nitrogens with zero attached hydrogens (tertiary/aromatic N) is 4. The average Bonchev–Trinajstić information content (AvgIpc) is 2.56. The van der Waals surface area contributed by atoms with Gasteiger partial charge < -0.3 is 9.64 Å². The number of anilines is 1. The van der Waals surface area contributed by atoms with E-state index in [9.17, 15) is 0 Å². The summed E-state index contributed by atoms with van der Waals surface area (Å²) < 4.78 is 5.41. The van der Waals surface area contributed by atoms with Crippen LogP contribution in [0.1, 0.15) is 19.5 Å². The highest BCUT2D eigenvalue weighted by Gasteiger charge is 2.20. The summed E-state index contributed by atoms with van der Waals surface area (Å²) in [7, 11) is 0. The quantitative estimate of drug-likeness (QED) is 0.840. The lowest BCUT2D eigenvalue weighted by atomic mass is 10.2. The number of rotatable bonds is 4. The van der Waals surface area contributed by atoms with Crippen molar-refractivity contribution in [2.45, 2.75) is 26.4 Å². The predicted octanol–water partition coefficient (Wildman–Crippen LogP) is 1.44. The van der Waals surface area contributed by atoms with Crippen molar-refractivity contribution in [1.82, 2.24) is 14.8 Å². The van der Waals surface area contributed by atoms with Gasteiger partial charge in [0.1, 0.15) is 5.82 Å². The molecule has 0 aliphatic carbocycles. The molecular weight excluding hydrogens is 276 g/mol. The van der Waals surface area contributed by atoms with Crippen molar-refractivity contribution >= 4 is 5.82 Å². The molecule has 0 unspecified atom stereocenters. The van der Waals surface area contributed by atoms with E-state index in [0.29, 0.717) is 6.04 Å². The molecule has 5 nitrogen and oxygen atoms in total. The van der Waals surface area contributed by atoms with E-state index in [1.165, 1.54) is 5.69 Å². The van der Waals surface area contributed by atoms with E-state index >= 15 is 0 Å². The lowest BCUT2D eigenvalue weighted by molar-refractivity contribution is 0.0336. The fourth-order valence-electron chi connectivity index (χ4n) is 3.19. The maximum Gasteiger partial charge on any atom is 0.128 e. The second-order valence-electron chi connectivity index (χ2n) is 6.49. The van der Waals surface area contributed by atoms with Crippen LogP contribution in [0.4, 0.5) is 5.82 Å². The van der Waals surface area contributed by atoms with Gasteiger partial charge in [-0.2, -0.15) is 0 Å². The molecule has 0 aromatic carbocycles. The predicted molar refractivity (Wildman–Crippen MR) is 89.3 cm³/mol. The summed E-state index contributed by atoms with van der Waals surface area (Å²) in [6.07, 6.45) is 0. The number of morpholine rings is 1. The van der Waals surface area contributed by atoms with Gasteiger partial charge in [-0.25, -0.2) is 4.98 Å². The second kappa shape index (κ2) is 7.40. The Morgan fingerprint density at radius 1 is 1.05 bits per heavy atom. The summed E-state index contributed by atoms with van der Waals surface area (Å²) in [6.45, 7) is 13.6. The van der Waals surface area contributed by atoms with E-state index in [0.717, 1.165) is 64.8 Å². The summed E-state index contributed by atoms with van der Waals surface area (Å²) in [5, 5.41) is 0. The molecule has 122 valence electrons. The van der Waals surface area contributed by atoms with Crippen molar-refractivity contribution < 1.29 is 4.74 Å². The van der Waals surface area contributed by atoms with E-state index in [2.05, 4.69) is 46.7 Å². The first-order valence-electron chi connectivity index (χ1n) is 8.47. The van der Waals surface area contributed by atoms with E-state index in [1.54, 1.807) is 0 Å². The van der Waals surface area contributed by atoms with Crippen LogP contribution in [-0.2, 0) is 11.3 Å². The minimum absolute atomic E-state index is 0.641. The van der Waals surface area contributed by atoms with E-state index in [-0.39, 0.29) is 0 Å².